The number of nitrogens with one attached hydrogen (secondary N) is 1. The van der Waals surface area contributed by atoms with Crippen molar-refractivity contribution < 1.29 is 19.5 Å². The summed E-state index contributed by atoms with van der Waals surface area (Å²) < 4.78 is 0. The van der Waals surface area contributed by atoms with E-state index in [1.165, 1.54) is 4.90 Å². The number of carbonyl (C=O) groups is 3. The molecule has 1 aliphatic rings. The van der Waals surface area contributed by atoms with Gasteiger partial charge in [-0.15, -0.1) is 0 Å². The number of piperazine rings is 1. The van der Waals surface area contributed by atoms with Gasteiger partial charge in [0.05, 0.1) is 12.6 Å². The van der Waals surface area contributed by atoms with Gasteiger partial charge in [0.25, 0.3) is 0 Å². The number of aliphatic carboxylic acids is 1. The molecule has 0 radical (unpaired) electrons. The number of amides is 2. The zero-order valence-electron chi connectivity index (χ0n) is 10.1. The molecule has 1 saturated heterocycles. The molecule has 0 aliphatic carbocycles. The Labute approximate surface area is 100.0 Å². The predicted molar refractivity (Wildman–Crippen MR) is 60.3 cm³/mol. The summed E-state index contributed by atoms with van der Waals surface area (Å²) in [7, 11) is 0. The van der Waals surface area contributed by atoms with Crippen molar-refractivity contribution in [2.45, 2.75) is 45.2 Å². The highest BCUT2D eigenvalue weighted by Gasteiger charge is 2.39. The first-order valence-electron chi connectivity index (χ1n) is 5.83. The molecule has 1 rings (SSSR count). The lowest BCUT2D eigenvalue weighted by molar-refractivity contribution is -0.150. The normalized spacial score (nSPS) is 23.3. The SMILES string of the molecule is CCCC(C(=O)O)N1CC(=O)NC(=O)C1CC. The Morgan fingerprint density at radius 2 is 2.18 bits per heavy atom. The van der Waals surface area contributed by atoms with Crippen molar-refractivity contribution in [1.82, 2.24) is 10.2 Å². The number of carbonyl (C=O) groups excluding carboxylic acids is 2. The number of imide groups is 1. The summed E-state index contributed by atoms with van der Waals surface area (Å²) in [5.74, 6) is -1.80. The molecule has 0 aromatic rings. The summed E-state index contributed by atoms with van der Waals surface area (Å²) >= 11 is 0. The maximum Gasteiger partial charge on any atom is 0.320 e. The molecular weight excluding hydrogens is 224 g/mol. The molecule has 96 valence electrons. The lowest BCUT2D eigenvalue weighted by atomic mass is 10.0. The van der Waals surface area contributed by atoms with Crippen molar-refractivity contribution in [3.8, 4) is 0 Å². The molecule has 2 atom stereocenters. The predicted octanol–water partition coefficient (Wildman–Crippen LogP) is -0.0233. The van der Waals surface area contributed by atoms with Gasteiger partial charge >= 0.3 is 5.97 Å². The fraction of sp³-hybridized carbons (Fsp3) is 0.727. The van der Waals surface area contributed by atoms with Crippen LogP contribution in [0, 0.1) is 0 Å². The highest BCUT2D eigenvalue weighted by atomic mass is 16.4. The second-order valence-corrected chi connectivity index (χ2v) is 4.15. The van der Waals surface area contributed by atoms with Gasteiger partial charge in [0, 0.05) is 0 Å². The molecule has 2 N–H and O–H groups in total. The third-order valence-corrected chi connectivity index (χ3v) is 2.93. The largest absolute Gasteiger partial charge is 0.480 e. The Morgan fingerprint density at radius 3 is 2.65 bits per heavy atom. The summed E-state index contributed by atoms with van der Waals surface area (Å²) in [4.78, 5) is 35.6. The quantitative estimate of drug-likeness (QED) is 0.661. The van der Waals surface area contributed by atoms with Crippen LogP contribution in [0.25, 0.3) is 0 Å². The second kappa shape index (κ2) is 5.77. The number of rotatable bonds is 5. The minimum absolute atomic E-state index is 0.0266. The molecule has 2 unspecified atom stereocenters. The summed E-state index contributed by atoms with van der Waals surface area (Å²) in [6.07, 6.45) is 1.62. The van der Waals surface area contributed by atoms with E-state index in [1.54, 1.807) is 6.92 Å². The Balaban J connectivity index is 2.92. The molecule has 1 heterocycles. The van der Waals surface area contributed by atoms with E-state index >= 15 is 0 Å². The van der Waals surface area contributed by atoms with Gasteiger partial charge in [0.2, 0.25) is 11.8 Å². The van der Waals surface area contributed by atoms with Gasteiger partial charge < -0.3 is 5.11 Å². The van der Waals surface area contributed by atoms with E-state index < -0.39 is 29.9 Å². The third-order valence-electron chi connectivity index (χ3n) is 2.93. The molecule has 1 fully saturated rings. The van der Waals surface area contributed by atoms with Gasteiger partial charge in [-0.3, -0.25) is 24.6 Å². The van der Waals surface area contributed by atoms with E-state index in [0.29, 0.717) is 19.3 Å². The molecule has 1 aliphatic heterocycles. The topological polar surface area (TPSA) is 86.7 Å². The lowest BCUT2D eigenvalue weighted by Gasteiger charge is -2.37. The molecule has 2 amide bonds. The van der Waals surface area contributed by atoms with E-state index in [4.69, 9.17) is 5.11 Å². The second-order valence-electron chi connectivity index (χ2n) is 4.15. The van der Waals surface area contributed by atoms with Crippen molar-refractivity contribution in [1.29, 1.82) is 0 Å². The van der Waals surface area contributed by atoms with Crippen LogP contribution in [-0.4, -0.2) is 46.4 Å². The first-order chi connectivity index (χ1) is 8.01. The van der Waals surface area contributed by atoms with Crippen LogP contribution >= 0.6 is 0 Å². The number of carboxylic acid groups (broad SMARTS) is 1. The Bertz CT molecular complexity index is 329. The van der Waals surface area contributed by atoms with Gasteiger partial charge in [-0.25, -0.2) is 0 Å². The molecule has 0 aromatic heterocycles. The summed E-state index contributed by atoms with van der Waals surface area (Å²) in [5, 5.41) is 11.4. The summed E-state index contributed by atoms with van der Waals surface area (Å²) in [5.41, 5.74) is 0. The maximum atomic E-state index is 11.6. The van der Waals surface area contributed by atoms with Crippen LogP contribution < -0.4 is 5.32 Å². The first-order valence-corrected chi connectivity index (χ1v) is 5.83. The van der Waals surface area contributed by atoms with Crippen molar-refractivity contribution in [3.05, 3.63) is 0 Å². The molecule has 17 heavy (non-hydrogen) atoms. The maximum absolute atomic E-state index is 11.6. The zero-order chi connectivity index (χ0) is 13.0. The van der Waals surface area contributed by atoms with E-state index in [-0.39, 0.29) is 6.54 Å². The Kier molecular flexibility index (Phi) is 4.62. The summed E-state index contributed by atoms with van der Waals surface area (Å²) in [6, 6.07) is -1.29. The fourth-order valence-electron chi connectivity index (χ4n) is 2.14. The first kappa shape index (κ1) is 13.6. The highest BCUT2D eigenvalue weighted by Crippen LogP contribution is 2.16. The number of hydrogen-bond donors (Lipinski definition) is 2. The molecule has 0 bridgehead atoms. The van der Waals surface area contributed by atoms with Gasteiger partial charge in [0.1, 0.15) is 6.04 Å². The van der Waals surface area contributed by atoms with Crippen LogP contribution in [0.1, 0.15) is 33.1 Å². The standard InChI is InChI=1S/C11H18N2O4/c1-3-5-8(11(16)17)13-6-9(14)12-10(15)7(13)4-2/h7-8H,3-6H2,1-2H3,(H,16,17)(H,12,14,15). The minimum Gasteiger partial charge on any atom is -0.480 e. The van der Waals surface area contributed by atoms with E-state index in [9.17, 15) is 14.4 Å². The van der Waals surface area contributed by atoms with Gasteiger partial charge in [-0.05, 0) is 12.8 Å². The number of carboxylic acids is 1. The zero-order valence-corrected chi connectivity index (χ0v) is 10.1. The van der Waals surface area contributed by atoms with Crippen molar-refractivity contribution in [3.63, 3.8) is 0 Å². The van der Waals surface area contributed by atoms with E-state index in [0.717, 1.165) is 0 Å². The van der Waals surface area contributed by atoms with Crippen LogP contribution in [0.3, 0.4) is 0 Å². The van der Waals surface area contributed by atoms with Gasteiger partial charge in [-0.1, -0.05) is 20.3 Å². The Hall–Kier alpha value is -1.43. The monoisotopic (exact) mass is 242 g/mol. The van der Waals surface area contributed by atoms with Crippen LogP contribution in [0.4, 0.5) is 0 Å². The Morgan fingerprint density at radius 1 is 1.53 bits per heavy atom. The third kappa shape index (κ3) is 3.03. The van der Waals surface area contributed by atoms with Crippen LogP contribution in [0.15, 0.2) is 0 Å². The van der Waals surface area contributed by atoms with Gasteiger partial charge in [0.15, 0.2) is 0 Å². The smallest absolute Gasteiger partial charge is 0.320 e. The van der Waals surface area contributed by atoms with E-state index in [1.807, 2.05) is 6.92 Å². The molecule has 0 saturated carbocycles. The van der Waals surface area contributed by atoms with Crippen molar-refractivity contribution in [2.75, 3.05) is 6.54 Å². The average Bonchev–Trinajstić information content (AvgIpc) is 2.24. The van der Waals surface area contributed by atoms with Crippen molar-refractivity contribution >= 4 is 17.8 Å². The highest BCUT2D eigenvalue weighted by molar-refractivity contribution is 6.01. The lowest BCUT2D eigenvalue weighted by Crippen LogP contribution is -2.62. The molecule has 0 spiro atoms. The minimum atomic E-state index is -0.979. The molecular formula is C11H18N2O4. The number of nitrogens with zero attached hydrogens (tertiary/aromatic N) is 1. The summed E-state index contributed by atoms with van der Waals surface area (Å²) in [6.45, 7) is 3.65. The van der Waals surface area contributed by atoms with Crippen LogP contribution in [-0.2, 0) is 14.4 Å². The van der Waals surface area contributed by atoms with Crippen molar-refractivity contribution in [2.24, 2.45) is 0 Å². The number of hydrogen-bond acceptors (Lipinski definition) is 4. The molecule has 0 aromatic carbocycles. The fourth-order valence-corrected chi connectivity index (χ4v) is 2.14. The van der Waals surface area contributed by atoms with Crippen LogP contribution in [0.2, 0.25) is 0 Å². The van der Waals surface area contributed by atoms with Crippen LogP contribution in [0.5, 0.6) is 0 Å². The van der Waals surface area contributed by atoms with E-state index in [2.05, 4.69) is 5.32 Å². The molecule has 6 nitrogen and oxygen atoms in total. The molecule has 6 heteroatoms. The average molecular weight is 242 g/mol. The van der Waals surface area contributed by atoms with Gasteiger partial charge in [-0.2, -0.15) is 0 Å².